The molecule has 0 radical (unpaired) electrons. The van der Waals surface area contributed by atoms with E-state index in [1.54, 1.807) is 17.1 Å². The summed E-state index contributed by atoms with van der Waals surface area (Å²) in [7, 11) is 0. The molecule has 0 unspecified atom stereocenters. The van der Waals surface area contributed by atoms with Crippen molar-refractivity contribution in [3.05, 3.63) is 30.4 Å². The van der Waals surface area contributed by atoms with E-state index in [1.165, 1.54) is 0 Å². The fourth-order valence-corrected chi connectivity index (χ4v) is 1.29. The highest BCUT2D eigenvalue weighted by atomic mass is 15.3. The molecule has 0 fully saturated rings. The van der Waals surface area contributed by atoms with E-state index in [1.807, 2.05) is 12.3 Å². The predicted octanol–water partition coefficient (Wildman–Crippen LogP) is 0.487. The average molecular weight is 191 g/mol. The van der Waals surface area contributed by atoms with Gasteiger partial charge in [0.15, 0.2) is 0 Å². The number of aryl methyl sites for hydroxylation is 1. The van der Waals surface area contributed by atoms with Crippen molar-refractivity contribution in [1.29, 1.82) is 0 Å². The zero-order valence-corrected chi connectivity index (χ0v) is 7.85. The van der Waals surface area contributed by atoms with Crippen molar-refractivity contribution in [3.8, 4) is 5.69 Å². The van der Waals surface area contributed by atoms with Gasteiger partial charge in [-0.1, -0.05) is 0 Å². The van der Waals surface area contributed by atoms with E-state index in [9.17, 15) is 0 Å². The highest BCUT2D eigenvalue weighted by molar-refractivity contribution is 5.23. The molecule has 0 aliphatic heterocycles. The zero-order chi connectivity index (χ0) is 9.80. The zero-order valence-electron chi connectivity index (χ0n) is 7.85. The minimum atomic E-state index is 0.707. The van der Waals surface area contributed by atoms with Crippen LogP contribution < -0.4 is 5.73 Å². The number of aromatic nitrogens is 4. The standard InChI is InChI=1S/C9H13N5/c10-4-1-2-8-3-5-14(13-8)9-6-11-12-7-9/h3,5-7H,1-2,4,10H2,(H,11,12). The second-order valence-corrected chi connectivity index (χ2v) is 3.10. The number of H-pyrrole nitrogens is 1. The number of rotatable bonds is 4. The fourth-order valence-electron chi connectivity index (χ4n) is 1.29. The molecule has 0 amide bonds. The van der Waals surface area contributed by atoms with Gasteiger partial charge in [0.2, 0.25) is 0 Å². The van der Waals surface area contributed by atoms with E-state index >= 15 is 0 Å². The Labute approximate surface area is 81.9 Å². The second-order valence-electron chi connectivity index (χ2n) is 3.10. The number of hydrogen-bond donors (Lipinski definition) is 2. The lowest BCUT2D eigenvalue weighted by atomic mass is 10.2. The molecule has 0 saturated heterocycles. The summed E-state index contributed by atoms with van der Waals surface area (Å²) < 4.78 is 1.80. The van der Waals surface area contributed by atoms with Gasteiger partial charge in [-0.15, -0.1) is 0 Å². The number of nitrogens with one attached hydrogen (secondary N) is 1. The van der Waals surface area contributed by atoms with Crippen molar-refractivity contribution in [2.24, 2.45) is 5.73 Å². The minimum Gasteiger partial charge on any atom is -0.330 e. The van der Waals surface area contributed by atoms with Gasteiger partial charge < -0.3 is 5.73 Å². The second kappa shape index (κ2) is 4.06. The first-order valence-electron chi connectivity index (χ1n) is 4.64. The van der Waals surface area contributed by atoms with Crippen molar-refractivity contribution >= 4 is 0 Å². The van der Waals surface area contributed by atoms with Gasteiger partial charge >= 0.3 is 0 Å². The lowest BCUT2D eigenvalue weighted by Gasteiger charge is -1.95. The highest BCUT2D eigenvalue weighted by Crippen LogP contribution is 2.05. The molecule has 0 aliphatic carbocycles. The van der Waals surface area contributed by atoms with Crippen LogP contribution in [-0.2, 0) is 6.42 Å². The number of nitrogens with zero attached hydrogens (tertiary/aromatic N) is 3. The quantitative estimate of drug-likeness (QED) is 0.738. The van der Waals surface area contributed by atoms with E-state index in [2.05, 4.69) is 15.3 Å². The normalized spacial score (nSPS) is 10.6. The molecule has 3 N–H and O–H groups in total. The monoisotopic (exact) mass is 191 g/mol. The summed E-state index contributed by atoms with van der Waals surface area (Å²) in [5.74, 6) is 0. The van der Waals surface area contributed by atoms with Gasteiger partial charge in [-0.3, -0.25) is 5.10 Å². The van der Waals surface area contributed by atoms with Crippen molar-refractivity contribution in [3.63, 3.8) is 0 Å². The van der Waals surface area contributed by atoms with Crippen LogP contribution in [0.4, 0.5) is 0 Å². The Morgan fingerprint density at radius 3 is 3.14 bits per heavy atom. The first kappa shape index (κ1) is 8.96. The molecule has 2 aromatic rings. The SMILES string of the molecule is NCCCc1ccn(-c2cn[nH]c2)n1. The number of nitrogens with two attached hydrogens (primary N) is 1. The van der Waals surface area contributed by atoms with Crippen LogP contribution in [0.25, 0.3) is 5.69 Å². The Morgan fingerprint density at radius 2 is 2.43 bits per heavy atom. The Hall–Kier alpha value is -1.62. The van der Waals surface area contributed by atoms with Crippen molar-refractivity contribution < 1.29 is 0 Å². The minimum absolute atomic E-state index is 0.707. The first-order chi connectivity index (χ1) is 6.90. The first-order valence-corrected chi connectivity index (χ1v) is 4.64. The molecule has 0 atom stereocenters. The van der Waals surface area contributed by atoms with Gasteiger partial charge in [-0.25, -0.2) is 4.68 Å². The molecular weight excluding hydrogens is 178 g/mol. The summed E-state index contributed by atoms with van der Waals surface area (Å²) in [5.41, 5.74) is 7.44. The Bertz CT molecular complexity index is 376. The summed E-state index contributed by atoms with van der Waals surface area (Å²) >= 11 is 0. The number of aromatic amines is 1. The topological polar surface area (TPSA) is 72.5 Å². The van der Waals surface area contributed by atoms with Crippen LogP contribution in [0.1, 0.15) is 12.1 Å². The van der Waals surface area contributed by atoms with Crippen LogP contribution >= 0.6 is 0 Å². The maximum absolute atomic E-state index is 5.43. The summed E-state index contributed by atoms with van der Waals surface area (Å²) in [6.07, 6.45) is 7.37. The lowest BCUT2D eigenvalue weighted by Crippen LogP contribution is -2.01. The van der Waals surface area contributed by atoms with E-state index in [0.29, 0.717) is 6.54 Å². The molecular formula is C9H13N5. The van der Waals surface area contributed by atoms with Gasteiger partial charge in [-0.2, -0.15) is 10.2 Å². The van der Waals surface area contributed by atoms with E-state index < -0.39 is 0 Å². The molecule has 14 heavy (non-hydrogen) atoms. The molecule has 2 rings (SSSR count). The van der Waals surface area contributed by atoms with Crippen LogP contribution in [0.3, 0.4) is 0 Å². The predicted molar refractivity (Wildman–Crippen MR) is 53.1 cm³/mol. The maximum Gasteiger partial charge on any atom is 0.102 e. The molecule has 0 bridgehead atoms. The van der Waals surface area contributed by atoms with E-state index in [4.69, 9.17) is 5.73 Å². The molecule has 74 valence electrons. The lowest BCUT2D eigenvalue weighted by molar-refractivity contribution is 0.775. The van der Waals surface area contributed by atoms with Crippen LogP contribution in [0.2, 0.25) is 0 Å². The van der Waals surface area contributed by atoms with Gasteiger partial charge in [0, 0.05) is 12.4 Å². The van der Waals surface area contributed by atoms with Gasteiger partial charge in [0.05, 0.1) is 11.9 Å². The largest absolute Gasteiger partial charge is 0.330 e. The Kier molecular flexibility index (Phi) is 2.60. The van der Waals surface area contributed by atoms with Crippen LogP contribution in [0.5, 0.6) is 0 Å². The summed E-state index contributed by atoms with van der Waals surface area (Å²) in [4.78, 5) is 0. The van der Waals surface area contributed by atoms with Gasteiger partial charge in [-0.05, 0) is 25.5 Å². The van der Waals surface area contributed by atoms with Gasteiger partial charge in [0.25, 0.3) is 0 Å². The van der Waals surface area contributed by atoms with Crippen molar-refractivity contribution in [2.75, 3.05) is 6.54 Å². The summed E-state index contributed by atoms with van der Waals surface area (Å²) in [6.45, 7) is 0.707. The molecule has 0 saturated carbocycles. The van der Waals surface area contributed by atoms with Crippen LogP contribution in [0.15, 0.2) is 24.7 Å². The molecule has 2 heterocycles. The third kappa shape index (κ3) is 1.82. The Morgan fingerprint density at radius 1 is 1.50 bits per heavy atom. The van der Waals surface area contributed by atoms with Gasteiger partial charge in [0.1, 0.15) is 5.69 Å². The molecule has 0 spiro atoms. The summed E-state index contributed by atoms with van der Waals surface area (Å²) in [6, 6.07) is 2.00. The molecule has 5 nitrogen and oxygen atoms in total. The van der Waals surface area contributed by atoms with E-state index in [0.717, 1.165) is 24.2 Å². The third-order valence-electron chi connectivity index (χ3n) is 2.03. The number of hydrogen-bond acceptors (Lipinski definition) is 3. The Balaban J connectivity index is 2.10. The van der Waals surface area contributed by atoms with Crippen molar-refractivity contribution in [1.82, 2.24) is 20.0 Å². The molecule has 0 aromatic carbocycles. The van der Waals surface area contributed by atoms with Crippen LogP contribution in [0, 0.1) is 0 Å². The molecule has 2 aromatic heterocycles. The maximum atomic E-state index is 5.43. The smallest absolute Gasteiger partial charge is 0.102 e. The van der Waals surface area contributed by atoms with E-state index in [-0.39, 0.29) is 0 Å². The molecule has 0 aliphatic rings. The highest BCUT2D eigenvalue weighted by Gasteiger charge is 2.00. The molecule has 5 heteroatoms. The average Bonchev–Trinajstić information content (AvgIpc) is 2.85. The summed E-state index contributed by atoms with van der Waals surface area (Å²) in [5, 5.41) is 11.0. The van der Waals surface area contributed by atoms with Crippen LogP contribution in [-0.4, -0.2) is 26.5 Å². The van der Waals surface area contributed by atoms with Crippen molar-refractivity contribution in [2.45, 2.75) is 12.8 Å². The third-order valence-corrected chi connectivity index (χ3v) is 2.03. The fraction of sp³-hybridized carbons (Fsp3) is 0.333.